The van der Waals surface area contributed by atoms with Crippen LogP contribution in [0.25, 0.3) is 0 Å². The van der Waals surface area contributed by atoms with E-state index in [0.29, 0.717) is 11.4 Å². The summed E-state index contributed by atoms with van der Waals surface area (Å²) in [4.78, 5) is 18.2. The van der Waals surface area contributed by atoms with E-state index in [0.717, 1.165) is 36.3 Å². The predicted octanol–water partition coefficient (Wildman–Crippen LogP) is 2.69. The van der Waals surface area contributed by atoms with Gasteiger partial charge in [-0.05, 0) is 40.8 Å². The molecule has 98 valence electrons. The fraction of sp³-hybridized carbons (Fsp3) is 0.538. The van der Waals surface area contributed by atoms with Crippen LogP contribution in [0.2, 0.25) is 0 Å². The van der Waals surface area contributed by atoms with Crippen LogP contribution in [0.5, 0.6) is 0 Å². The Kier molecular flexibility index (Phi) is 4.22. The van der Waals surface area contributed by atoms with Gasteiger partial charge in [-0.3, -0.25) is 4.79 Å². The number of nitrogen functional groups attached to an aromatic ring is 1. The van der Waals surface area contributed by atoms with Gasteiger partial charge in [-0.25, -0.2) is 4.98 Å². The molecule has 1 aliphatic heterocycles. The molecule has 0 aliphatic carbocycles. The average Bonchev–Trinajstić information content (AvgIpc) is 2.41. The van der Waals surface area contributed by atoms with E-state index >= 15 is 0 Å². The number of halogens is 1. The first-order valence-electron chi connectivity index (χ1n) is 6.32. The number of hydrogen-bond acceptors (Lipinski definition) is 3. The second kappa shape index (κ2) is 5.69. The Labute approximate surface area is 116 Å². The summed E-state index contributed by atoms with van der Waals surface area (Å²) in [5.74, 6) is 1.06. The molecule has 1 aromatic rings. The van der Waals surface area contributed by atoms with E-state index in [1.54, 1.807) is 12.3 Å². The summed E-state index contributed by atoms with van der Waals surface area (Å²) in [6, 6.07) is 1.75. The van der Waals surface area contributed by atoms with Crippen molar-refractivity contribution in [3.05, 3.63) is 22.3 Å². The maximum absolute atomic E-state index is 12.4. The van der Waals surface area contributed by atoms with E-state index in [9.17, 15) is 4.79 Å². The minimum absolute atomic E-state index is 0.00384. The molecule has 0 radical (unpaired) electrons. The number of rotatable bonds is 2. The molecule has 1 aromatic heterocycles. The van der Waals surface area contributed by atoms with Crippen LogP contribution in [0.1, 0.15) is 36.5 Å². The molecule has 1 amide bonds. The molecule has 0 spiro atoms. The smallest absolute Gasteiger partial charge is 0.257 e. The van der Waals surface area contributed by atoms with E-state index in [-0.39, 0.29) is 5.91 Å². The summed E-state index contributed by atoms with van der Waals surface area (Å²) in [6.07, 6.45) is 4.98. The molecular weight excluding hydrogens is 294 g/mol. The van der Waals surface area contributed by atoms with Gasteiger partial charge in [0, 0.05) is 23.8 Å². The number of nitrogens with zero attached hydrogens (tertiary/aromatic N) is 2. The molecule has 2 N–H and O–H groups in total. The van der Waals surface area contributed by atoms with Crippen molar-refractivity contribution in [1.82, 2.24) is 9.88 Å². The van der Waals surface area contributed by atoms with E-state index in [1.165, 1.54) is 6.42 Å². The van der Waals surface area contributed by atoms with Crippen molar-refractivity contribution >= 4 is 27.7 Å². The first kappa shape index (κ1) is 13.3. The number of anilines is 1. The molecule has 1 saturated heterocycles. The standard InChI is InChI=1S/C13H18BrN3O/c1-2-9-3-5-17(6-4-9)13(18)11-7-10(14)8-16-12(11)15/h7-9H,2-6H2,1H3,(H2,15,16). The van der Waals surface area contributed by atoms with Gasteiger partial charge >= 0.3 is 0 Å². The fourth-order valence-electron chi connectivity index (χ4n) is 2.34. The lowest BCUT2D eigenvalue weighted by atomic mass is 9.94. The van der Waals surface area contributed by atoms with Gasteiger partial charge in [0.1, 0.15) is 5.82 Å². The third kappa shape index (κ3) is 2.83. The molecule has 1 fully saturated rings. The zero-order valence-corrected chi connectivity index (χ0v) is 12.1. The highest BCUT2D eigenvalue weighted by atomic mass is 79.9. The van der Waals surface area contributed by atoms with Crippen molar-refractivity contribution in [3.8, 4) is 0 Å². The number of aromatic nitrogens is 1. The lowest BCUT2D eigenvalue weighted by Crippen LogP contribution is -2.38. The van der Waals surface area contributed by atoms with Crippen LogP contribution < -0.4 is 5.73 Å². The van der Waals surface area contributed by atoms with Gasteiger partial charge in [0.2, 0.25) is 0 Å². The fourth-order valence-corrected chi connectivity index (χ4v) is 2.67. The van der Waals surface area contributed by atoms with Crippen LogP contribution >= 0.6 is 15.9 Å². The van der Waals surface area contributed by atoms with Gasteiger partial charge in [-0.2, -0.15) is 0 Å². The van der Waals surface area contributed by atoms with Gasteiger partial charge in [-0.15, -0.1) is 0 Å². The minimum atomic E-state index is -0.00384. The first-order chi connectivity index (χ1) is 8.61. The molecule has 0 bridgehead atoms. The Hall–Kier alpha value is -1.10. The van der Waals surface area contributed by atoms with Crippen LogP contribution in [0, 0.1) is 5.92 Å². The first-order valence-corrected chi connectivity index (χ1v) is 7.11. The van der Waals surface area contributed by atoms with Crippen molar-refractivity contribution in [2.45, 2.75) is 26.2 Å². The Morgan fingerprint density at radius 2 is 2.22 bits per heavy atom. The number of likely N-dealkylation sites (tertiary alicyclic amines) is 1. The summed E-state index contributed by atoms with van der Waals surface area (Å²) >= 11 is 3.32. The Morgan fingerprint density at radius 1 is 1.56 bits per heavy atom. The average molecular weight is 312 g/mol. The maximum Gasteiger partial charge on any atom is 0.257 e. The molecule has 0 unspecified atom stereocenters. The third-order valence-electron chi connectivity index (χ3n) is 3.59. The van der Waals surface area contributed by atoms with Crippen LogP contribution in [0.15, 0.2) is 16.7 Å². The predicted molar refractivity (Wildman–Crippen MR) is 75.3 cm³/mol. The van der Waals surface area contributed by atoms with Gasteiger partial charge in [0.25, 0.3) is 5.91 Å². The van der Waals surface area contributed by atoms with E-state index in [1.807, 2.05) is 4.90 Å². The van der Waals surface area contributed by atoms with Crippen LogP contribution in [0.3, 0.4) is 0 Å². The lowest BCUT2D eigenvalue weighted by molar-refractivity contribution is 0.0689. The molecular formula is C13H18BrN3O. The van der Waals surface area contributed by atoms with Gasteiger partial charge < -0.3 is 10.6 Å². The van der Waals surface area contributed by atoms with Crippen LogP contribution in [0.4, 0.5) is 5.82 Å². The third-order valence-corrected chi connectivity index (χ3v) is 4.03. The summed E-state index contributed by atoms with van der Waals surface area (Å²) in [5.41, 5.74) is 6.27. The largest absolute Gasteiger partial charge is 0.383 e. The van der Waals surface area contributed by atoms with Gasteiger partial charge in [0.15, 0.2) is 0 Å². The second-order valence-corrected chi connectivity index (χ2v) is 5.65. The molecule has 18 heavy (non-hydrogen) atoms. The van der Waals surface area contributed by atoms with E-state index < -0.39 is 0 Å². The zero-order valence-electron chi connectivity index (χ0n) is 10.5. The minimum Gasteiger partial charge on any atom is -0.383 e. The number of piperidine rings is 1. The highest BCUT2D eigenvalue weighted by molar-refractivity contribution is 9.10. The van der Waals surface area contributed by atoms with Gasteiger partial charge in [0.05, 0.1) is 5.56 Å². The molecule has 0 saturated carbocycles. The second-order valence-electron chi connectivity index (χ2n) is 4.73. The molecule has 2 rings (SSSR count). The summed E-state index contributed by atoms with van der Waals surface area (Å²) < 4.78 is 0.781. The number of amides is 1. The van der Waals surface area contributed by atoms with E-state index in [2.05, 4.69) is 27.8 Å². The highest BCUT2D eigenvalue weighted by Gasteiger charge is 2.24. The Bertz CT molecular complexity index is 442. The molecule has 1 aliphatic rings. The highest BCUT2D eigenvalue weighted by Crippen LogP contribution is 2.23. The molecule has 0 atom stereocenters. The van der Waals surface area contributed by atoms with E-state index in [4.69, 9.17) is 5.73 Å². The molecule has 5 heteroatoms. The quantitative estimate of drug-likeness (QED) is 0.913. The number of nitrogens with two attached hydrogens (primary N) is 1. The number of hydrogen-bond donors (Lipinski definition) is 1. The number of pyridine rings is 1. The Balaban J connectivity index is 2.10. The van der Waals surface area contributed by atoms with Crippen molar-refractivity contribution in [2.24, 2.45) is 5.92 Å². The summed E-state index contributed by atoms with van der Waals surface area (Å²) in [7, 11) is 0. The number of carbonyl (C=O) groups is 1. The molecule has 2 heterocycles. The Morgan fingerprint density at radius 3 is 2.83 bits per heavy atom. The van der Waals surface area contributed by atoms with Crippen LogP contribution in [-0.2, 0) is 0 Å². The molecule has 0 aromatic carbocycles. The van der Waals surface area contributed by atoms with Crippen molar-refractivity contribution in [1.29, 1.82) is 0 Å². The summed E-state index contributed by atoms with van der Waals surface area (Å²) in [6.45, 7) is 3.85. The van der Waals surface area contributed by atoms with Gasteiger partial charge in [-0.1, -0.05) is 13.3 Å². The summed E-state index contributed by atoms with van der Waals surface area (Å²) in [5, 5.41) is 0. The van der Waals surface area contributed by atoms with Crippen LogP contribution in [-0.4, -0.2) is 28.9 Å². The van der Waals surface area contributed by atoms with Crippen molar-refractivity contribution < 1.29 is 4.79 Å². The monoisotopic (exact) mass is 311 g/mol. The van der Waals surface area contributed by atoms with Crippen molar-refractivity contribution in [2.75, 3.05) is 18.8 Å². The van der Waals surface area contributed by atoms with Crippen molar-refractivity contribution in [3.63, 3.8) is 0 Å². The molecule has 4 nitrogen and oxygen atoms in total. The topological polar surface area (TPSA) is 59.2 Å². The SMILES string of the molecule is CCC1CCN(C(=O)c2cc(Br)cnc2N)CC1. The zero-order chi connectivity index (χ0) is 13.1. The number of carbonyl (C=O) groups excluding carboxylic acids is 1. The lowest BCUT2D eigenvalue weighted by Gasteiger charge is -2.31. The normalized spacial score (nSPS) is 16.9. The maximum atomic E-state index is 12.4.